The topological polar surface area (TPSA) is 79.8 Å². The van der Waals surface area contributed by atoms with Crippen LogP contribution < -0.4 is 15.4 Å². The van der Waals surface area contributed by atoms with Crippen molar-refractivity contribution in [1.82, 2.24) is 0 Å². The van der Waals surface area contributed by atoms with Crippen LogP contribution in [0.15, 0.2) is 50.2 Å². The second-order valence-electron chi connectivity index (χ2n) is 4.63. The SMILES string of the molecule is COc1cc(F)cc2c1NC(Nc1ccccc1Br)=NS2(=O)=O. The van der Waals surface area contributed by atoms with E-state index in [1.807, 2.05) is 6.07 Å². The van der Waals surface area contributed by atoms with E-state index in [-0.39, 0.29) is 22.3 Å². The average Bonchev–Trinajstić information content (AvgIpc) is 2.49. The lowest BCUT2D eigenvalue weighted by molar-refractivity contribution is 0.412. The van der Waals surface area contributed by atoms with Gasteiger partial charge >= 0.3 is 0 Å². The highest BCUT2D eigenvalue weighted by Gasteiger charge is 2.29. The minimum atomic E-state index is -4.05. The Balaban J connectivity index is 2.05. The van der Waals surface area contributed by atoms with Gasteiger partial charge in [0.15, 0.2) is 0 Å². The van der Waals surface area contributed by atoms with Gasteiger partial charge in [0, 0.05) is 10.5 Å². The van der Waals surface area contributed by atoms with E-state index in [0.717, 1.165) is 16.6 Å². The van der Waals surface area contributed by atoms with Gasteiger partial charge in [0.1, 0.15) is 22.1 Å². The number of nitrogens with one attached hydrogen (secondary N) is 2. The van der Waals surface area contributed by atoms with E-state index in [1.165, 1.54) is 7.11 Å². The summed E-state index contributed by atoms with van der Waals surface area (Å²) in [5.41, 5.74) is 0.761. The van der Waals surface area contributed by atoms with E-state index in [9.17, 15) is 12.8 Å². The summed E-state index contributed by atoms with van der Waals surface area (Å²) in [7, 11) is -2.72. The number of methoxy groups -OCH3 is 1. The summed E-state index contributed by atoms with van der Waals surface area (Å²) in [5, 5.41) is 5.70. The first-order valence-corrected chi connectivity index (χ1v) is 8.65. The molecule has 0 bridgehead atoms. The van der Waals surface area contributed by atoms with Gasteiger partial charge in [0.2, 0.25) is 5.96 Å². The Morgan fingerprint density at radius 3 is 2.74 bits per heavy atom. The summed E-state index contributed by atoms with van der Waals surface area (Å²) in [5.74, 6) is -0.650. The van der Waals surface area contributed by atoms with Crippen LogP contribution in [0.3, 0.4) is 0 Å². The molecule has 120 valence electrons. The molecule has 1 aliphatic rings. The number of para-hydroxylation sites is 1. The summed E-state index contributed by atoms with van der Waals surface area (Å²) in [6, 6.07) is 9.15. The number of rotatable bonds is 2. The number of guanidine groups is 1. The fourth-order valence-electron chi connectivity index (χ4n) is 2.10. The minimum Gasteiger partial charge on any atom is -0.494 e. The maximum absolute atomic E-state index is 13.5. The van der Waals surface area contributed by atoms with Crippen LogP contribution in [0.5, 0.6) is 5.75 Å². The number of anilines is 2. The molecule has 2 aromatic carbocycles. The monoisotopic (exact) mass is 399 g/mol. The van der Waals surface area contributed by atoms with Crippen molar-refractivity contribution in [1.29, 1.82) is 0 Å². The molecule has 1 heterocycles. The molecule has 2 aromatic rings. The van der Waals surface area contributed by atoms with Crippen LogP contribution in [0.4, 0.5) is 15.8 Å². The van der Waals surface area contributed by atoms with E-state index in [2.05, 4.69) is 31.0 Å². The highest BCUT2D eigenvalue weighted by molar-refractivity contribution is 9.10. The third-order valence-corrected chi connectivity index (χ3v) is 5.10. The number of hydrogen-bond acceptors (Lipinski definition) is 5. The van der Waals surface area contributed by atoms with Crippen molar-refractivity contribution in [2.45, 2.75) is 4.90 Å². The van der Waals surface area contributed by atoms with Crippen molar-refractivity contribution < 1.29 is 17.5 Å². The third-order valence-electron chi connectivity index (χ3n) is 3.11. The molecule has 2 N–H and O–H groups in total. The Morgan fingerprint density at radius 1 is 1.30 bits per heavy atom. The van der Waals surface area contributed by atoms with Crippen LogP contribution in [-0.4, -0.2) is 21.5 Å². The van der Waals surface area contributed by atoms with Crippen LogP contribution in [0.25, 0.3) is 0 Å². The van der Waals surface area contributed by atoms with E-state index < -0.39 is 15.8 Å². The molecule has 0 saturated heterocycles. The molecular weight excluding hydrogens is 389 g/mol. The molecule has 3 rings (SSSR count). The zero-order valence-electron chi connectivity index (χ0n) is 11.8. The Hall–Kier alpha value is -2.13. The second-order valence-corrected chi connectivity index (χ2v) is 7.05. The number of hydrogen-bond donors (Lipinski definition) is 2. The summed E-state index contributed by atoms with van der Waals surface area (Å²) < 4.78 is 47.5. The predicted octanol–water partition coefficient (Wildman–Crippen LogP) is 3.18. The molecule has 0 fully saturated rings. The molecule has 0 unspecified atom stereocenters. The molecule has 0 atom stereocenters. The quantitative estimate of drug-likeness (QED) is 0.810. The van der Waals surface area contributed by atoms with Crippen molar-refractivity contribution in [2.24, 2.45) is 4.40 Å². The molecule has 0 spiro atoms. The van der Waals surface area contributed by atoms with E-state index in [0.29, 0.717) is 5.69 Å². The van der Waals surface area contributed by atoms with Crippen molar-refractivity contribution >= 4 is 43.3 Å². The number of halogens is 2. The van der Waals surface area contributed by atoms with Gasteiger partial charge in [-0.15, -0.1) is 4.40 Å². The lowest BCUT2D eigenvalue weighted by Crippen LogP contribution is -2.28. The lowest BCUT2D eigenvalue weighted by atomic mass is 10.2. The van der Waals surface area contributed by atoms with Gasteiger partial charge in [0.25, 0.3) is 10.0 Å². The Bertz CT molecular complexity index is 915. The van der Waals surface area contributed by atoms with Gasteiger partial charge in [-0.1, -0.05) is 12.1 Å². The predicted molar refractivity (Wildman–Crippen MR) is 89.0 cm³/mol. The first-order valence-electron chi connectivity index (χ1n) is 6.42. The van der Waals surface area contributed by atoms with Crippen LogP contribution in [-0.2, 0) is 10.0 Å². The van der Waals surface area contributed by atoms with Crippen molar-refractivity contribution in [3.8, 4) is 5.75 Å². The first kappa shape index (κ1) is 15.8. The second kappa shape index (κ2) is 5.82. The number of fused-ring (bicyclic) bond motifs is 1. The van der Waals surface area contributed by atoms with Crippen LogP contribution in [0, 0.1) is 5.82 Å². The highest BCUT2D eigenvalue weighted by Crippen LogP contribution is 2.36. The zero-order valence-corrected chi connectivity index (χ0v) is 14.2. The van der Waals surface area contributed by atoms with Crippen molar-refractivity contribution in [2.75, 3.05) is 17.7 Å². The smallest absolute Gasteiger partial charge is 0.287 e. The van der Waals surface area contributed by atoms with Gasteiger partial charge in [-0.2, -0.15) is 8.42 Å². The lowest BCUT2D eigenvalue weighted by Gasteiger charge is -2.21. The van der Waals surface area contributed by atoms with Gasteiger partial charge < -0.3 is 15.4 Å². The Kier molecular flexibility index (Phi) is 3.99. The summed E-state index contributed by atoms with van der Waals surface area (Å²) in [6.07, 6.45) is 0. The third kappa shape index (κ3) is 3.02. The molecule has 1 aliphatic heterocycles. The van der Waals surface area contributed by atoms with E-state index in [1.54, 1.807) is 18.2 Å². The molecular formula is C14H11BrFN3O3S. The number of nitrogens with zero attached hydrogens (tertiary/aromatic N) is 1. The molecule has 9 heteroatoms. The van der Waals surface area contributed by atoms with Crippen LogP contribution in [0.1, 0.15) is 0 Å². The normalized spacial score (nSPS) is 15.2. The molecule has 0 amide bonds. The van der Waals surface area contributed by atoms with E-state index in [4.69, 9.17) is 4.74 Å². The molecule has 0 aliphatic carbocycles. The zero-order chi connectivity index (χ0) is 16.6. The standard InChI is InChI=1S/C14H11BrFN3O3S/c1-22-11-6-8(16)7-12-13(11)18-14(19-23(12,20)21)17-10-5-3-2-4-9(10)15/h2-7H,1H3,(H2,17,18,19). The molecule has 23 heavy (non-hydrogen) atoms. The first-order chi connectivity index (χ1) is 10.9. The van der Waals surface area contributed by atoms with Gasteiger partial charge in [-0.25, -0.2) is 4.39 Å². The van der Waals surface area contributed by atoms with Crippen LogP contribution in [0.2, 0.25) is 0 Å². The van der Waals surface area contributed by atoms with Gasteiger partial charge in [-0.05, 0) is 34.1 Å². The van der Waals surface area contributed by atoms with Gasteiger partial charge in [-0.3, -0.25) is 0 Å². The molecule has 0 saturated carbocycles. The minimum absolute atomic E-state index is 0.00527. The summed E-state index contributed by atoms with van der Waals surface area (Å²) in [4.78, 5) is -0.271. The van der Waals surface area contributed by atoms with Gasteiger partial charge in [0.05, 0.1) is 12.8 Å². The summed E-state index contributed by atoms with van der Waals surface area (Å²) >= 11 is 3.35. The van der Waals surface area contributed by atoms with Crippen LogP contribution >= 0.6 is 15.9 Å². The van der Waals surface area contributed by atoms with Crippen molar-refractivity contribution in [3.05, 3.63) is 46.7 Å². The molecule has 6 nitrogen and oxygen atoms in total. The van der Waals surface area contributed by atoms with E-state index >= 15 is 0 Å². The summed E-state index contributed by atoms with van der Waals surface area (Å²) in [6.45, 7) is 0. The number of ether oxygens (including phenoxy) is 1. The highest BCUT2D eigenvalue weighted by atomic mass is 79.9. The maximum atomic E-state index is 13.5. The Labute approximate surface area is 140 Å². The molecule has 0 radical (unpaired) electrons. The largest absolute Gasteiger partial charge is 0.494 e. The fourth-order valence-corrected chi connectivity index (χ4v) is 3.59. The number of sulfonamides is 1. The Morgan fingerprint density at radius 2 is 2.04 bits per heavy atom. The average molecular weight is 400 g/mol. The van der Waals surface area contributed by atoms with Crippen molar-refractivity contribution in [3.63, 3.8) is 0 Å². The maximum Gasteiger partial charge on any atom is 0.287 e. The molecule has 0 aromatic heterocycles. The number of benzene rings is 2. The fraction of sp³-hybridized carbons (Fsp3) is 0.0714.